The minimum absolute atomic E-state index is 0.117. The SMILES string of the molecule is CC/C=C\C/C=C\C/C=C\C/C=C\C/C=C\C/C=C\CCC(=O)OC[C@H](COC(=O)CCCCCCC/C=C\C/C=C\C/C=C\CC)OC(=O)CCCCCCC/C=C\CCCCCC. The van der Waals surface area contributed by atoms with Gasteiger partial charge in [0.15, 0.2) is 6.10 Å². The van der Waals surface area contributed by atoms with Crippen molar-refractivity contribution in [3.63, 3.8) is 0 Å². The Morgan fingerprint density at radius 3 is 1.05 bits per heavy atom. The molecule has 0 amide bonds. The van der Waals surface area contributed by atoms with E-state index in [1.807, 2.05) is 12.2 Å². The zero-order chi connectivity index (χ0) is 47.2. The maximum Gasteiger partial charge on any atom is 0.306 e. The lowest BCUT2D eigenvalue weighted by molar-refractivity contribution is -0.166. The van der Waals surface area contributed by atoms with E-state index in [9.17, 15) is 14.4 Å². The number of allylic oxidation sites excluding steroid dienone is 20. The van der Waals surface area contributed by atoms with E-state index in [-0.39, 0.29) is 37.5 Å². The first-order chi connectivity index (χ1) is 32.0. The fourth-order valence-electron chi connectivity index (χ4n) is 6.59. The quantitative estimate of drug-likeness (QED) is 0.0262. The zero-order valence-corrected chi connectivity index (χ0v) is 41.7. The van der Waals surface area contributed by atoms with E-state index in [2.05, 4.69) is 130 Å². The van der Waals surface area contributed by atoms with Gasteiger partial charge >= 0.3 is 17.9 Å². The van der Waals surface area contributed by atoms with Crippen LogP contribution in [0.3, 0.4) is 0 Å². The van der Waals surface area contributed by atoms with Crippen molar-refractivity contribution in [2.45, 2.75) is 219 Å². The van der Waals surface area contributed by atoms with E-state index >= 15 is 0 Å². The standard InChI is InChI=1S/C59H94O6/c1-4-7-10-13-16-19-22-25-27-28-29-30-32-35-37-40-43-46-49-52-58(61)64-55-56(65-59(62)53-50-47-44-41-38-33-24-21-18-15-12-9-6-3)54-63-57(60)51-48-45-42-39-36-34-31-26-23-20-17-14-11-8-5-2/h7-8,10-11,16-17,19-21,24-27,29-31,35,37,43,46,56H,4-6,9,12-15,18,22-23,28,32-34,36,38-42,44-45,47-55H2,1-3H3/b10-7-,11-8-,19-16-,20-17-,24-21-,27-25-,30-29-,31-26-,37-35-,46-43-/t56-/m0/s1. The molecule has 0 aromatic rings. The Morgan fingerprint density at radius 1 is 0.323 bits per heavy atom. The third-order valence-electron chi connectivity index (χ3n) is 10.4. The molecule has 1 atom stereocenters. The van der Waals surface area contributed by atoms with Gasteiger partial charge in [0.25, 0.3) is 0 Å². The number of carbonyl (C=O) groups is 3. The van der Waals surface area contributed by atoms with E-state index in [1.165, 1.54) is 38.5 Å². The minimum atomic E-state index is -0.823. The van der Waals surface area contributed by atoms with Gasteiger partial charge in [-0.3, -0.25) is 14.4 Å². The highest BCUT2D eigenvalue weighted by Crippen LogP contribution is 2.12. The molecule has 0 spiro atoms. The molecule has 0 rings (SSSR count). The number of ether oxygens (including phenoxy) is 3. The third-order valence-corrected chi connectivity index (χ3v) is 10.4. The van der Waals surface area contributed by atoms with Crippen molar-refractivity contribution in [1.29, 1.82) is 0 Å². The van der Waals surface area contributed by atoms with Crippen LogP contribution in [0.1, 0.15) is 213 Å². The highest BCUT2D eigenvalue weighted by molar-refractivity contribution is 5.71. The van der Waals surface area contributed by atoms with Crippen molar-refractivity contribution in [1.82, 2.24) is 0 Å². The van der Waals surface area contributed by atoms with Crippen LogP contribution in [0.25, 0.3) is 0 Å². The van der Waals surface area contributed by atoms with Crippen molar-refractivity contribution >= 4 is 17.9 Å². The summed E-state index contributed by atoms with van der Waals surface area (Å²) in [4.78, 5) is 38.0. The lowest BCUT2D eigenvalue weighted by Crippen LogP contribution is -2.30. The second kappa shape index (κ2) is 52.4. The van der Waals surface area contributed by atoms with Gasteiger partial charge in [-0.2, -0.15) is 0 Å². The van der Waals surface area contributed by atoms with Crippen molar-refractivity contribution < 1.29 is 28.6 Å². The summed E-state index contributed by atoms with van der Waals surface area (Å²) in [5.74, 6) is -1.04. The number of hydrogen-bond acceptors (Lipinski definition) is 6. The fourth-order valence-corrected chi connectivity index (χ4v) is 6.59. The van der Waals surface area contributed by atoms with Crippen LogP contribution in [-0.4, -0.2) is 37.2 Å². The number of carbonyl (C=O) groups excluding carboxylic acids is 3. The van der Waals surface area contributed by atoms with Gasteiger partial charge in [0.2, 0.25) is 0 Å². The summed E-state index contributed by atoms with van der Waals surface area (Å²) in [5.41, 5.74) is 0. The van der Waals surface area contributed by atoms with E-state index in [0.29, 0.717) is 19.3 Å². The van der Waals surface area contributed by atoms with Gasteiger partial charge in [-0.05, 0) is 116 Å². The molecule has 0 fully saturated rings. The molecule has 0 N–H and O–H groups in total. The normalized spacial score (nSPS) is 13.1. The maximum atomic E-state index is 12.8. The molecule has 0 aromatic carbocycles. The van der Waals surface area contributed by atoms with Gasteiger partial charge in [0.1, 0.15) is 13.2 Å². The first-order valence-corrected chi connectivity index (χ1v) is 26.0. The number of unbranched alkanes of at least 4 members (excludes halogenated alkanes) is 14. The van der Waals surface area contributed by atoms with Crippen molar-refractivity contribution in [3.8, 4) is 0 Å². The van der Waals surface area contributed by atoms with E-state index in [4.69, 9.17) is 14.2 Å². The van der Waals surface area contributed by atoms with Gasteiger partial charge in [-0.25, -0.2) is 0 Å². The van der Waals surface area contributed by atoms with Crippen molar-refractivity contribution in [2.75, 3.05) is 13.2 Å². The van der Waals surface area contributed by atoms with Gasteiger partial charge in [-0.15, -0.1) is 0 Å². The Hall–Kier alpha value is -4.19. The van der Waals surface area contributed by atoms with Crippen molar-refractivity contribution in [3.05, 3.63) is 122 Å². The van der Waals surface area contributed by atoms with E-state index in [0.717, 1.165) is 128 Å². The smallest absolute Gasteiger partial charge is 0.306 e. The summed E-state index contributed by atoms with van der Waals surface area (Å²) in [6, 6.07) is 0. The molecular formula is C59H94O6. The molecule has 0 aliphatic carbocycles. The Labute approximate surface area is 399 Å². The molecular weight excluding hydrogens is 805 g/mol. The summed E-state index contributed by atoms with van der Waals surface area (Å²) >= 11 is 0. The average molecular weight is 899 g/mol. The molecule has 0 saturated carbocycles. The molecule has 6 heteroatoms. The Bertz CT molecular complexity index is 1400. The van der Waals surface area contributed by atoms with Crippen LogP contribution in [-0.2, 0) is 28.6 Å². The monoisotopic (exact) mass is 899 g/mol. The molecule has 0 unspecified atom stereocenters. The van der Waals surface area contributed by atoms with Gasteiger partial charge < -0.3 is 14.2 Å². The van der Waals surface area contributed by atoms with Crippen LogP contribution in [0.5, 0.6) is 0 Å². The minimum Gasteiger partial charge on any atom is -0.462 e. The first-order valence-electron chi connectivity index (χ1n) is 26.0. The van der Waals surface area contributed by atoms with Crippen LogP contribution in [0.4, 0.5) is 0 Å². The lowest BCUT2D eigenvalue weighted by atomic mass is 10.1. The first kappa shape index (κ1) is 60.8. The summed E-state index contributed by atoms with van der Waals surface area (Å²) < 4.78 is 16.7. The number of hydrogen-bond donors (Lipinski definition) is 0. The molecule has 0 aliphatic rings. The highest BCUT2D eigenvalue weighted by Gasteiger charge is 2.19. The molecule has 0 bridgehead atoms. The van der Waals surface area contributed by atoms with Crippen LogP contribution >= 0.6 is 0 Å². The average Bonchev–Trinajstić information content (AvgIpc) is 3.30. The summed E-state index contributed by atoms with van der Waals surface area (Å²) in [7, 11) is 0. The Morgan fingerprint density at radius 2 is 0.631 bits per heavy atom. The zero-order valence-electron chi connectivity index (χ0n) is 41.7. The number of rotatable bonds is 45. The fraction of sp³-hybridized carbons (Fsp3) is 0.610. The molecule has 0 heterocycles. The van der Waals surface area contributed by atoms with Crippen LogP contribution < -0.4 is 0 Å². The molecule has 0 radical (unpaired) electrons. The van der Waals surface area contributed by atoms with Crippen LogP contribution in [0.2, 0.25) is 0 Å². The summed E-state index contributed by atoms with van der Waals surface area (Å²) in [6.45, 7) is 6.29. The molecule has 65 heavy (non-hydrogen) atoms. The Balaban J connectivity index is 4.55. The molecule has 0 aliphatic heterocycles. The number of esters is 3. The Kier molecular flexibility index (Phi) is 49.1. The second-order valence-corrected chi connectivity index (χ2v) is 16.7. The molecule has 0 aromatic heterocycles. The topological polar surface area (TPSA) is 78.9 Å². The van der Waals surface area contributed by atoms with Gasteiger partial charge in [-0.1, -0.05) is 200 Å². The molecule has 0 saturated heterocycles. The maximum absolute atomic E-state index is 12.8. The highest BCUT2D eigenvalue weighted by atomic mass is 16.6. The van der Waals surface area contributed by atoms with Gasteiger partial charge in [0.05, 0.1) is 0 Å². The summed E-state index contributed by atoms with van der Waals surface area (Å²) in [6.07, 6.45) is 71.9. The van der Waals surface area contributed by atoms with Crippen LogP contribution in [0, 0.1) is 0 Å². The predicted molar refractivity (Wildman–Crippen MR) is 279 cm³/mol. The second-order valence-electron chi connectivity index (χ2n) is 16.7. The predicted octanol–water partition coefficient (Wildman–Crippen LogP) is 17.3. The van der Waals surface area contributed by atoms with E-state index < -0.39 is 6.10 Å². The lowest BCUT2D eigenvalue weighted by Gasteiger charge is -2.18. The largest absolute Gasteiger partial charge is 0.462 e. The van der Waals surface area contributed by atoms with Crippen LogP contribution in [0.15, 0.2) is 122 Å². The van der Waals surface area contributed by atoms with Gasteiger partial charge in [0, 0.05) is 19.3 Å². The summed E-state index contributed by atoms with van der Waals surface area (Å²) in [5, 5.41) is 0. The molecule has 6 nitrogen and oxygen atoms in total. The van der Waals surface area contributed by atoms with Crippen molar-refractivity contribution in [2.24, 2.45) is 0 Å². The third kappa shape index (κ3) is 50.7. The van der Waals surface area contributed by atoms with E-state index in [1.54, 1.807) is 0 Å². The molecule has 366 valence electrons.